The summed E-state index contributed by atoms with van der Waals surface area (Å²) in [7, 11) is 0. The average Bonchev–Trinajstić information content (AvgIpc) is 2.79. The highest BCUT2D eigenvalue weighted by atomic mass is 19.1. The zero-order valence-electron chi connectivity index (χ0n) is 9.45. The summed E-state index contributed by atoms with van der Waals surface area (Å²) in [5.74, 6) is -2.49. The van der Waals surface area contributed by atoms with Gasteiger partial charge >= 0.3 is 5.97 Å². The normalized spacial score (nSPS) is 10.2. The molecule has 2 N–H and O–H groups in total. The molecule has 98 valence electrons. The molecule has 0 bridgehead atoms. The molecule has 2 rings (SSSR count). The number of pyridine rings is 1. The van der Waals surface area contributed by atoms with E-state index >= 15 is 0 Å². The second-order valence-electron chi connectivity index (χ2n) is 3.50. The number of anilines is 1. The topological polar surface area (TPSA) is 110 Å². The van der Waals surface area contributed by atoms with E-state index in [0.29, 0.717) is 0 Å². The van der Waals surface area contributed by atoms with E-state index in [2.05, 4.69) is 20.6 Å². The van der Waals surface area contributed by atoms with Gasteiger partial charge in [-0.3, -0.25) is 14.6 Å². The first-order valence-electron chi connectivity index (χ1n) is 5.09. The molecule has 1 amide bonds. The molecule has 2 aromatic heterocycles. The van der Waals surface area contributed by atoms with Crippen LogP contribution in [0.1, 0.15) is 10.5 Å². The first kappa shape index (κ1) is 12.6. The van der Waals surface area contributed by atoms with Crippen LogP contribution in [0.5, 0.6) is 0 Å². The van der Waals surface area contributed by atoms with Crippen molar-refractivity contribution in [3.63, 3.8) is 0 Å². The Morgan fingerprint density at radius 3 is 2.95 bits per heavy atom. The van der Waals surface area contributed by atoms with Gasteiger partial charge in [0.15, 0.2) is 11.5 Å². The third kappa shape index (κ3) is 3.09. The van der Waals surface area contributed by atoms with E-state index in [0.717, 1.165) is 17.1 Å². The number of rotatable bonds is 4. The van der Waals surface area contributed by atoms with Crippen LogP contribution < -0.4 is 5.32 Å². The van der Waals surface area contributed by atoms with Crippen LogP contribution in [0.4, 0.5) is 10.1 Å². The lowest BCUT2D eigenvalue weighted by Crippen LogP contribution is -2.13. The maximum Gasteiger partial charge on any atom is 0.325 e. The van der Waals surface area contributed by atoms with Crippen molar-refractivity contribution in [3.8, 4) is 0 Å². The third-order valence-electron chi connectivity index (χ3n) is 2.09. The standard InChI is InChI=1S/C10H8FN5O3/c11-6-3-12-2-1-7(6)13-10(19)8-4-16(15-14-8)5-9(17)18/h1-4H,5H2,(H,17,18)(H,12,13,19). The van der Waals surface area contributed by atoms with Gasteiger partial charge in [-0.2, -0.15) is 0 Å². The molecule has 19 heavy (non-hydrogen) atoms. The Morgan fingerprint density at radius 1 is 1.47 bits per heavy atom. The van der Waals surface area contributed by atoms with Crippen molar-refractivity contribution in [1.29, 1.82) is 0 Å². The lowest BCUT2D eigenvalue weighted by Gasteiger charge is -2.02. The van der Waals surface area contributed by atoms with Gasteiger partial charge in [0, 0.05) is 6.20 Å². The second-order valence-corrected chi connectivity index (χ2v) is 3.50. The van der Waals surface area contributed by atoms with Crippen LogP contribution in [0.15, 0.2) is 24.7 Å². The van der Waals surface area contributed by atoms with Crippen LogP contribution in [-0.4, -0.2) is 37.0 Å². The summed E-state index contributed by atoms with van der Waals surface area (Å²) >= 11 is 0. The van der Waals surface area contributed by atoms with Gasteiger partial charge in [-0.05, 0) is 6.07 Å². The summed E-state index contributed by atoms with van der Waals surface area (Å²) in [6.45, 7) is -0.413. The maximum absolute atomic E-state index is 13.2. The number of nitrogens with one attached hydrogen (secondary N) is 1. The summed E-state index contributed by atoms with van der Waals surface area (Å²) < 4.78 is 14.2. The van der Waals surface area contributed by atoms with Crippen LogP contribution in [0.2, 0.25) is 0 Å². The summed E-state index contributed by atoms with van der Waals surface area (Å²) in [6.07, 6.45) is 3.43. The minimum atomic E-state index is -1.11. The third-order valence-corrected chi connectivity index (χ3v) is 2.09. The number of hydrogen-bond donors (Lipinski definition) is 2. The van der Waals surface area contributed by atoms with Gasteiger partial charge in [0.25, 0.3) is 5.91 Å². The Labute approximate surface area is 105 Å². The lowest BCUT2D eigenvalue weighted by molar-refractivity contribution is -0.137. The van der Waals surface area contributed by atoms with Crippen molar-refractivity contribution in [1.82, 2.24) is 20.0 Å². The van der Waals surface area contributed by atoms with Gasteiger partial charge in [0.1, 0.15) is 6.54 Å². The highest BCUT2D eigenvalue weighted by molar-refractivity contribution is 6.02. The number of nitrogens with zero attached hydrogens (tertiary/aromatic N) is 4. The van der Waals surface area contributed by atoms with E-state index in [1.807, 2.05) is 0 Å². The van der Waals surface area contributed by atoms with Gasteiger partial charge in [0.05, 0.1) is 18.1 Å². The zero-order valence-corrected chi connectivity index (χ0v) is 9.45. The van der Waals surface area contributed by atoms with Gasteiger partial charge in [-0.25, -0.2) is 9.07 Å². The second kappa shape index (κ2) is 5.21. The molecule has 8 nitrogen and oxygen atoms in total. The summed E-state index contributed by atoms with van der Waals surface area (Å²) in [4.78, 5) is 25.7. The predicted molar refractivity (Wildman–Crippen MR) is 59.8 cm³/mol. The van der Waals surface area contributed by atoms with E-state index < -0.39 is 24.2 Å². The summed E-state index contributed by atoms with van der Waals surface area (Å²) in [5.41, 5.74) is -0.162. The van der Waals surface area contributed by atoms with Gasteiger partial charge in [-0.15, -0.1) is 5.10 Å². The number of aromatic nitrogens is 4. The number of carboxylic acids is 1. The van der Waals surface area contributed by atoms with E-state index in [1.165, 1.54) is 12.3 Å². The number of carbonyl (C=O) groups is 2. The fourth-order valence-corrected chi connectivity index (χ4v) is 1.28. The SMILES string of the molecule is O=C(O)Cn1cc(C(=O)Nc2ccncc2F)nn1. The van der Waals surface area contributed by atoms with Crippen molar-refractivity contribution in [2.75, 3.05) is 5.32 Å². The quantitative estimate of drug-likeness (QED) is 0.814. The molecule has 0 unspecified atom stereocenters. The smallest absolute Gasteiger partial charge is 0.325 e. The molecule has 2 aromatic rings. The van der Waals surface area contributed by atoms with E-state index in [1.54, 1.807) is 0 Å². The lowest BCUT2D eigenvalue weighted by atomic mass is 10.3. The molecular weight excluding hydrogens is 257 g/mol. The van der Waals surface area contributed by atoms with E-state index in [4.69, 9.17) is 5.11 Å². The molecule has 0 fully saturated rings. The Morgan fingerprint density at radius 2 is 2.26 bits per heavy atom. The Balaban J connectivity index is 2.10. The molecule has 0 saturated heterocycles. The van der Waals surface area contributed by atoms with Gasteiger partial charge < -0.3 is 10.4 Å². The molecule has 2 heterocycles. The first-order chi connectivity index (χ1) is 9.06. The molecule has 0 radical (unpaired) electrons. The number of carbonyl (C=O) groups excluding carboxylic acids is 1. The number of halogens is 1. The highest BCUT2D eigenvalue weighted by Crippen LogP contribution is 2.11. The fourth-order valence-electron chi connectivity index (χ4n) is 1.28. The Kier molecular flexibility index (Phi) is 3.46. The Hall–Kier alpha value is -2.84. The molecule has 0 atom stereocenters. The van der Waals surface area contributed by atoms with Crippen LogP contribution >= 0.6 is 0 Å². The molecule has 0 saturated carbocycles. The first-order valence-corrected chi connectivity index (χ1v) is 5.09. The summed E-state index contributed by atoms with van der Waals surface area (Å²) in [5, 5.41) is 17.8. The van der Waals surface area contributed by atoms with Crippen LogP contribution in [0.3, 0.4) is 0 Å². The molecular formula is C10H8FN5O3. The summed E-state index contributed by atoms with van der Waals surface area (Å²) in [6, 6.07) is 1.29. The van der Waals surface area contributed by atoms with Gasteiger partial charge in [-0.1, -0.05) is 5.21 Å². The highest BCUT2D eigenvalue weighted by Gasteiger charge is 2.13. The van der Waals surface area contributed by atoms with Crippen LogP contribution in [-0.2, 0) is 11.3 Å². The van der Waals surface area contributed by atoms with Gasteiger partial charge in [0.2, 0.25) is 0 Å². The van der Waals surface area contributed by atoms with Crippen molar-refractivity contribution in [2.24, 2.45) is 0 Å². The molecule has 0 aliphatic rings. The van der Waals surface area contributed by atoms with Crippen LogP contribution in [0.25, 0.3) is 0 Å². The monoisotopic (exact) mass is 265 g/mol. The zero-order chi connectivity index (χ0) is 13.8. The van der Waals surface area contributed by atoms with Crippen molar-refractivity contribution in [2.45, 2.75) is 6.54 Å². The van der Waals surface area contributed by atoms with Crippen LogP contribution in [0, 0.1) is 5.82 Å². The van der Waals surface area contributed by atoms with Crippen molar-refractivity contribution >= 4 is 17.6 Å². The maximum atomic E-state index is 13.2. The number of carboxylic acid groups (broad SMARTS) is 1. The number of amides is 1. The molecule has 9 heteroatoms. The van der Waals surface area contributed by atoms with Crippen molar-refractivity contribution in [3.05, 3.63) is 36.2 Å². The Bertz CT molecular complexity index is 627. The number of hydrogen-bond acceptors (Lipinski definition) is 5. The average molecular weight is 265 g/mol. The minimum Gasteiger partial charge on any atom is -0.480 e. The molecule has 0 spiro atoms. The molecule has 0 aliphatic heterocycles. The van der Waals surface area contributed by atoms with E-state index in [-0.39, 0.29) is 11.4 Å². The minimum absolute atomic E-state index is 0.0483. The number of aliphatic carboxylic acids is 1. The largest absolute Gasteiger partial charge is 0.480 e. The van der Waals surface area contributed by atoms with Crippen molar-refractivity contribution < 1.29 is 19.1 Å². The predicted octanol–water partition coefficient (Wildman–Crippen LogP) is 0.149. The molecule has 0 aliphatic carbocycles. The molecule has 0 aromatic carbocycles. The van der Waals surface area contributed by atoms with E-state index in [9.17, 15) is 14.0 Å². The fraction of sp³-hybridized carbons (Fsp3) is 0.100.